The van der Waals surface area contributed by atoms with E-state index in [2.05, 4.69) is 5.32 Å². The van der Waals surface area contributed by atoms with Gasteiger partial charge in [-0.25, -0.2) is 13.2 Å². The summed E-state index contributed by atoms with van der Waals surface area (Å²) in [7, 11) is 0. The lowest BCUT2D eigenvalue weighted by molar-refractivity contribution is 0.102. The molecule has 0 bridgehead atoms. The number of hydrogen-bond acceptors (Lipinski definition) is 2. The highest BCUT2D eigenvalue weighted by atomic mass is 19.2. The Morgan fingerprint density at radius 2 is 1.84 bits per heavy atom. The number of carbonyl (C=O) groups is 1. The summed E-state index contributed by atoms with van der Waals surface area (Å²) in [5.74, 6) is -4.49. The minimum atomic E-state index is -1.23. The van der Waals surface area contributed by atoms with Crippen molar-refractivity contribution < 1.29 is 23.1 Å². The van der Waals surface area contributed by atoms with Gasteiger partial charge in [0.25, 0.3) is 5.91 Å². The highest BCUT2D eigenvalue weighted by Crippen LogP contribution is 2.21. The number of halogens is 3. The molecule has 0 saturated heterocycles. The first kappa shape index (κ1) is 12.9. The number of anilines is 1. The molecule has 0 aliphatic heterocycles. The first-order valence-corrected chi connectivity index (χ1v) is 5.23. The molecule has 3 nitrogen and oxygen atoms in total. The molecule has 0 radical (unpaired) electrons. The summed E-state index contributed by atoms with van der Waals surface area (Å²) in [6.07, 6.45) is 0. The van der Waals surface area contributed by atoms with Crippen LogP contribution in [0.15, 0.2) is 36.4 Å². The molecule has 0 aliphatic rings. The standard InChI is InChI=1S/C13H8F3NO2/c14-7-4-5-11(18)8(6-7)13(19)17-10-3-1-2-9(15)12(10)16/h1-6,18H,(H,17,19). The predicted octanol–water partition coefficient (Wildman–Crippen LogP) is 3.06. The highest BCUT2D eigenvalue weighted by molar-refractivity contribution is 6.06. The molecule has 2 aromatic carbocycles. The monoisotopic (exact) mass is 267 g/mol. The number of hydrogen-bond donors (Lipinski definition) is 2. The molecule has 0 atom stereocenters. The fourth-order valence-corrected chi connectivity index (χ4v) is 1.48. The van der Waals surface area contributed by atoms with Gasteiger partial charge in [0.1, 0.15) is 11.6 Å². The van der Waals surface area contributed by atoms with Crippen LogP contribution < -0.4 is 5.32 Å². The average Bonchev–Trinajstić information content (AvgIpc) is 2.38. The number of aromatic hydroxyl groups is 1. The Bertz CT molecular complexity index is 644. The maximum absolute atomic E-state index is 13.3. The van der Waals surface area contributed by atoms with Gasteiger partial charge in [-0.2, -0.15) is 0 Å². The Morgan fingerprint density at radius 1 is 1.11 bits per heavy atom. The minimum Gasteiger partial charge on any atom is -0.507 e. The van der Waals surface area contributed by atoms with Crippen molar-refractivity contribution in [1.29, 1.82) is 0 Å². The van der Waals surface area contributed by atoms with Crippen molar-refractivity contribution in [2.45, 2.75) is 0 Å². The number of nitrogens with one attached hydrogen (secondary N) is 1. The van der Waals surface area contributed by atoms with E-state index in [1.807, 2.05) is 0 Å². The van der Waals surface area contributed by atoms with Crippen molar-refractivity contribution in [2.75, 3.05) is 5.32 Å². The van der Waals surface area contributed by atoms with E-state index < -0.39 is 34.8 Å². The summed E-state index contributed by atoms with van der Waals surface area (Å²) in [6, 6.07) is 6.00. The predicted molar refractivity (Wildman–Crippen MR) is 62.4 cm³/mol. The average molecular weight is 267 g/mol. The van der Waals surface area contributed by atoms with Crippen LogP contribution in [0.1, 0.15) is 10.4 Å². The van der Waals surface area contributed by atoms with E-state index in [9.17, 15) is 23.1 Å². The normalized spacial score (nSPS) is 10.3. The lowest BCUT2D eigenvalue weighted by atomic mass is 10.1. The molecule has 2 rings (SSSR count). The molecule has 0 fully saturated rings. The lowest BCUT2D eigenvalue weighted by Crippen LogP contribution is -2.14. The van der Waals surface area contributed by atoms with Crippen LogP contribution in [0.2, 0.25) is 0 Å². The lowest BCUT2D eigenvalue weighted by Gasteiger charge is -2.08. The van der Waals surface area contributed by atoms with Crippen LogP contribution in [0, 0.1) is 17.5 Å². The smallest absolute Gasteiger partial charge is 0.259 e. The second-order valence-corrected chi connectivity index (χ2v) is 3.72. The Labute approximate surface area is 106 Å². The first-order valence-electron chi connectivity index (χ1n) is 5.23. The van der Waals surface area contributed by atoms with Crippen molar-refractivity contribution >= 4 is 11.6 Å². The first-order chi connectivity index (χ1) is 8.99. The largest absolute Gasteiger partial charge is 0.507 e. The summed E-state index contributed by atoms with van der Waals surface area (Å²) in [6.45, 7) is 0. The molecule has 0 heterocycles. The third-order valence-electron chi connectivity index (χ3n) is 2.40. The number of phenolic OH excluding ortho intramolecular Hbond substituents is 1. The van der Waals surface area contributed by atoms with Gasteiger partial charge in [-0.1, -0.05) is 6.07 Å². The molecule has 2 N–H and O–H groups in total. The molecule has 6 heteroatoms. The van der Waals surface area contributed by atoms with E-state index >= 15 is 0 Å². The molecule has 2 aromatic rings. The van der Waals surface area contributed by atoms with Crippen molar-refractivity contribution in [2.24, 2.45) is 0 Å². The second-order valence-electron chi connectivity index (χ2n) is 3.72. The number of phenols is 1. The van der Waals surface area contributed by atoms with Crippen molar-refractivity contribution in [1.82, 2.24) is 0 Å². The summed E-state index contributed by atoms with van der Waals surface area (Å²) in [5, 5.41) is 11.5. The van der Waals surface area contributed by atoms with Gasteiger partial charge >= 0.3 is 0 Å². The minimum absolute atomic E-state index is 0.372. The molecule has 0 saturated carbocycles. The highest BCUT2D eigenvalue weighted by Gasteiger charge is 2.15. The van der Waals surface area contributed by atoms with E-state index in [0.29, 0.717) is 0 Å². The maximum Gasteiger partial charge on any atom is 0.259 e. The molecule has 98 valence electrons. The molecule has 0 aromatic heterocycles. The molecular formula is C13H8F3NO2. The third-order valence-corrected chi connectivity index (χ3v) is 2.40. The van der Waals surface area contributed by atoms with E-state index in [0.717, 1.165) is 30.3 Å². The number of carbonyl (C=O) groups excluding carboxylic acids is 1. The topological polar surface area (TPSA) is 49.3 Å². The SMILES string of the molecule is O=C(Nc1cccc(F)c1F)c1cc(F)ccc1O. The summed E-state index contributed by atoms with van der Waals surface area (Å²) in [5.41, 5.74) is -0.766. The quantitative estimate of drug-likeness (QED) is 0.878. The molecule has 19 heavy (non-hydrogen) atoms. The zero-order valence-electron chi connectivity index (χ0n) is 9.45. The van der Waals surface area contributed by atoms with Crippen LogP contribution in [0.5, 0.6) is 5.75 Å². The van der Waals surface area contributed by atoms with Crippen molar-refractivity contribution in [3.05, 3.63) is 59.4 Å². The van der Waals surface area contributed by atoms with Gasteiger partial charge < -0.3 is 10.4 Å². The fraction of sp³-hybridized carbons (Fsp3) is 0. The number of benzene rings is 2. The Kier molecular flexibility index (Phi) is 3.41. The maximum atomic E-state index is 13.3. The molecular weight excluding hydrogens is 259 g/mol. The summed E-state index contributed by atoms with van der Waals surface area (Å²) in [4.78, 5) is 11.7. The van der Waals surface area contributed by atoms with Crippen molar-refractivity contribution in [3.8, 4) is 5.75 Å². The van der Waals surface area contributed by atoms with Gasteiger partial charge in [0, 0.05) is 0 Å². The van der Waals surface area contributed by atoms with Gasteiger partial charge in [0.2, 0.25) is 0 Å². The van der Waals surface area contributed by atoms with Crippen LogP contribution >= 0.6 is 0 Å². The molecule has 0 aliphatic carbocycles. The molecule has 0 spiro atoms. The Morgan fingerprint density at radius 3 is 2.58 bits per heavy atom. The van der Waals surface area contributed by atoms with Gasteiger partial charge in [-0.3, -0.25) is 4.79 Å². The number of amides is 1. The van der Waals surface area contributed by atoms with E-state index in [4.69, 9.17) is 0 Å². The van der Waals surface area contributed by atoms with E-state index in [1.54, 1.807) is 0 Å². The molecule has 0 unspecified atom stereocenters. The fourth-order valence-electron chi connectivity index (χ4n) is 1.48. The van der Waals surface area contributed by atoms with Gasteiger partial charge in [-0.15, -0.1) is 0 Å². The van der Waals surface area contributed by atoms with Crippen LogP contribution in [-0.2, 0) is 0 Å². The van der Waals surface area contributed by atoms with E-state index in [1.165, 1.54) is 6.07 Å². The second kappa shape index (κ2) is 5.01. The summed E-state index contributed by atoms with van der Waals surface area (Å²) >= 11 is 0. The third kappa shape index (κ3) is 2.67. The van der Waals surface area contributed by atoms with Crippen LogP contribution in [0.4, 0.5) is 18.9 Å². The van der Waals surface area contributed by atoms with Gasteiger partial charge in [0.05, 0.1) is 11.3 Å². The van der Waals surface area contributed by atoms with Crippen LogP contribution in [0.3, 0.4) is 0 Å². The van der Waals surface area contributed by atoms with E-state index in [-0.39, 0.29) is 5.56 Å². The zero-order chi connectivity index (χ0) is 14.0. The summed E-state index contributed by atoms with van der Waals surface area (Å²) < 4.78 is 39.2. The van der Waals surface area contributed by atoms with Gasteiger partial charge in [-0.05, 0) is 30.3 Å². The van der Waals surface area contributed by atoms with Crippen molar-refractivity contribution in [3.63, 3.8) is 0 Å². The Balaban J connectivity index is 2.31. The van der Waals surface area contributed by atoms with Crippen LogP contribution in [0.25, 0.3) is 0 Å². The number of rotatable bonds is 2. The van der Waals surface area contributed by atoms with Crippen LogP contribution in [-0.4, -0.2) is 11.0 Å². The molecule has 1 amide bonds. The van der Waals surface area contributed by atoms with Gasteiger partial charge in [0.15, 0.2) is 11.6 Å². The zero-order valence-corrected chi connectivity index (χ0v) is 9.45. The Hall–Kier alpha value is -2.50.